The number of carboxylic acid groups (broad SMARTS) is 1. The smallest absolute Gasteiger partial charge is 0.488 e. The number of carbonyl (C=O) groups is 13. The molecule has 0 spiro atoms. The Morgan fingerprint density at radius 2 is 0.845 bits per heavy atom. The largest absolute Gasteiger partial charge is 0.496 e. The van der Waals surface area contributed by atoms with Gasteiger partial charge in [-0.25, -0.2) is 52.7 Å². The number of carboxylic acids is 1. The van der Waals surface area contributed by atoms with Crippen LogP contribution in [0.15, 0.2) is 62.2 Å². The van der Waals surface area contributed by atoms with Crippen LogP contribution in [-0.4, -0.2) is 335 Å². The first-order valence-corrected chi connectivity index (χ1v) is 46.6. The Labute approximate surface area is 875 Å². The molecule has 0 bridgehead atoms. The third-order valence-electron chi connectivity index (χ3n) is 20.9. The quantitative estimate of drug-likeness (QED) is 0.00752. The maximum atomic E-state index is 13.8. The van der Waals surface area contributed by atoms with Gasteiger partial charge in [0.2, 0.25) is 11.8 Å². The summed E-state index contributed by atoms with van der Waals surface area (Å²) in [6.45, 7) is 54.5. The maximum Gasteiger partial charge on any atom is 0.488 e. The van der Waals surface area contributed by atoms with Crippen LogP contribution in [0.2, 0.25) is 0 Å². The van der Waals surface area contributed by atoms with Crippen molar-refractivity contribution < 1.29 is 136 Å². The highest BCUT2D eigenvalue weighted by molar-refractivity contribution is 6.61. The van der Waals surface area contributed by atoms with Gasteiger partial charge < -0.3 is 97.7 Å². The van der Waals surface area contributed by atoms with Crippen LogP contribution in [0, 0.1) is 33.5 Å². The van der Waals surface area contributed by atoms with Crippen LogP contribution < -0.4 is 30.9 Å². The van der Waals surface area contributed by atoms with Crippen molar-refractivity contribution in [3.8, 4) is 23.3 Å². The number of halogens is 1. The van der Waals surface area contributed by atoms with E-state index in [1.807, 2.05) is 47.6 Å². The highest BCUT2D eigenvalue weighted by Gasteiger charge is 2.51. The van der Waals surface area contributed by atoms with Crippen LogP contribution in [0.3, 0.4) is 0 Å². The predicted molar refractivity (Wildman–Crippen MR) is 549 cm³/mol. The average molecular weight is 2110 g/mol. The summed E-state index contributed by atoms with van der Waals surface area (Å²) in [6, 6.07) is 6.39. The second-order valence-electron chi connectivity index (χ2n) is 41.6. The number of alkyl carbamates (subject to hydrolysis) is 3. The molecule has 7 heterocycles. The van der Waals surface area contributed by atoms with Crippen molar-refractivity contribution in [3.05, 3.63) is 90.8 Å². The van der Waals surface area contributed by atoms with Crippen molar-refractivity contribution in [2.75, 3.05) is 75.4 Å². The lowest BCUT2D eigenvalue weighted by atomic mass is 9.79. The summed E-state index contributed by atoms with van der Waals surface area (Å²) in [5.41, 5.74) is -3.37. The number of nitrogens with zero attached hydrogens (tertiary/aromatic N) is 15. The average Bonchev–Trinajstić information content (AvgIpc) is 1.63. The molecule has 148 heavy (non-hydrogen) atoms. The van der Waals surface area contributed by atoms with E-state index in [-0.39, 0.29) is 81.0 Å². The van der Waals surface area contributed by atoms with E-state index < -0.39 is 171 Å². The number of tetrazole rings is 3. The number of rotatable bonds is 23. The Morgan fingerprint density at radius 1 is 0.500 bits per heavy atom. The molecule has 825 valence electrons. The lowest BCUT2D eigenvalue weighted by molar-refractivity contribution is -0.152. The monoisotopic (exact) mass is 2110 g/mol. The molecule has 3 radical (unpaired) electrons. The molecular weight excluding hydrogens is 1950 g/mol. The summed E-state index contributed by atoms with van der Waals surface area (Å²) in [4.78, 5) is 164. The Morgan fingerprint density at radius 3 is 1.16 bits per heavy atom. The van der Waals surface area contributed by atoms with E-state index >= 15 is 0 Å². The number of ether oxygens (including phenoxy) is 12. The second kappa shape index (κ2) is 59.4. The molecule has 5 aromatic rings. The van der Waals surface area contributed by atoms with Crippen LogP contribution in [0.1, 0.15) is 267 Å². The third-order valence-corrected chi connectivity index (χ3v) is 21.0. The highest BCUT2D eigenvalue weighted by Crippen LogP contribution is 2.38. The first-order valence-electron chi connectivity index (χ1n) is 46.2. The van der Waals surface area contributed by atoms with Gasteiger partial charge in [-0.05, 0) is 194 Å². The molecule has 3 aromatic heterocycles. The van der Waals surface area contributed by atoms with Crippen molar-refractivity contribution in [3.63, 3.8) is 0 Å². The van der Waals surface area contributed by atoms with Gasteiger partial charge in [0, 0.05) is 76.5 Å². The van der Waals surface area contributed by atoms with Gasteiger partial charge in [0.25, 0.3) is 0 Å². The molecule has 4 aliphatic rings. The van der Waals surface area contributed by atoms with Gasteiger partial charge in [0.05, 0.1) is 66.9 Å². The zero-order chi connectivity index (χ0) is 111. The molecule has 48 nitrogen and oxygen atoms in total. The van der Waals surface area contributed by atoms with E-state index in [4.69, 9.17) is 79.4 Å². The standard InChI is InChI=1S/C27H38N6O6.C18H30N6O5.C12H19N5O4.C12H18N2O4.C11H21NO4.C9H11BO3.C6H9ClO2.2CH4.B.H2/c1-10-16-13-18(11-12-20(16)37-8)33-30-22(29-31-33)17-14-19(24(35)38-9)32(15-17)23(34)21(26(2,3)4)28-25(36)39-27(5,6)7;1-17(2,3)12(19-16(27)29-18(4,5)6)14(25)24-9-10(13-20-22-23-21-13)8-11(24)15(26)28-7;1-12(2,3)21-11(19)17-6-7(9-13-15-16-14-9)5-8(17)10(18)20-4;1-12(2,3)18-11(16)14-7-8(6-13)5-9(14)10(15)17-4;1-10(2,3)7(8(13)14)12-9(15)16-11(4,5)6;1-3-7-6-8(10(11)12)4-5-9(7)13-2;1-2-3-4-5-9-6(7)8;;;;/h10-13,17,19,21H,1,14-15H2,2-9H3,(H,28,36);10-12H,8-9H2,1-7H3,(H,19,27)(H,20,21,22,23);7-8H,5-6H2,1-4H3,(H,13,14,15,16);8-9H,5,7H2,1-4H3;7H,1-6H3,(H,12,15)(H,13,14);3-6,11-12H,1H2,2H3;2H,1,3-5H2;2*1H4;;1H/t17-,19+,21-;10-,11+,12-;7-,8+;8-,9-;7-;;;;;;/m11101....../s1/i;;;;;;;;;;1+1. The minimum atomic E-state index is -1.45. The molecule has 7 amide bonds. The van der Waals surface area contributed by atoms with Crippen LogP contribution >= 0.6 is 11.6 Å². The number of methoxy groups -OCH3 is 6. The molecular formula is C97H156B2ClN20O28. The second-order valence-corrected chi connectivity index (χ2v) is 41.9. The Kier molecular flexibility index (Phi) is 54.0. The molecule has 9 rings (SSSR count). The summed E-state index contributed by atoms with van der Waals surface area (Å²) in [6.07, 6.45) is 4.63. The lowest BCUT2D eigenvalue weighted by Crippen LogP contribution is -2.57. The van der Waals surface area contributed by atoms with Crippen molar-refractivity contribution in [1.82, 2.24) is 97.0 Å². The number of aromatic nitrogens is 12. The predicted octanol–water partition coefficient (Wildman–Crippen LogP) is 11.4. The summed E-state index contributed by atoms with van der Waals surface area (Å²) < 4.78 is 60.3. The van der Waals surface area contributed by atoms with Gasteiger partial charge in [0.1, 0.15) is 81.8 Å². The number of nitrogens with one attached hydrogen (secondary N) is 5. The number of aromatic amines is 2. The normalized spacial score (nSPS) is 17.8. The summed E-state index contributed by atoms with van der Waals surface area (Å²) in [5, 5.41) is 83.8. The molecule has 0 aliphatic carbocycles. The summed E-state index contributed by atoms with van der Waals surface area (Å²) >= 11 is 4.87. The third kappa shape index (κ3) is 44.6. The van der Waals surface area contributed by atoms with E-state index in [1.54, 1.807) is 187 Å². The number of esters is 4. The summed E-state index contributed by atoms with van der Waals surface area (Å²) in [5.74, 6) is -2.59. The number of hydrogen-bond donors (Lipinski definition) is 8. The molecule has 4 aliphatic heterocycles. The van der Waals surface area contributed by atoms with Crippen LogP contribution in [0.5, 0.6) is 11.5 Å². The van der Waals surface area contributed by atoms with Crippen LogP contribution in [0.4, 0.5) is 28.8 Å². The number of aliphatic carboxylic acids is 1. The number of carbonyl (C=O) groups excluding carboxylic acids is 12. The zero-order valence-electron chi connectivity index (χ0n) is 89.2. The van der Waals surface area contributed by atoms with E-state index in [9.17, 15) is 62.3 Å². The van der Waals surface area contributed by atoms with E-state index in [0.29, 0.717) is 66.0 Å². The molecule has 4 saturated heterocycles. The van der Waals surface area contributed by atoms with Crippen molar-refractivity contribution >= 4 is 122 Å². The number of hydrogen-bond acceptors (Lipinski definition) is 37. The van der Waals surface area contributed by atoms with Crippen LogP contribution in [-0.2, 0) is 80.9 Å². The number of amides is 7. The molecule has 2 aromatic carbocycles. The first kappa shape index (κ1) is 134. The number of unbranched alkanes of at least 4 members (excludes halogenated alkanes) is 1. The lowest BCUT2D eigenvalue weighted by Gasteiger charge is -2.35. The van der Waals surface area contributed by atoms with Crippen molar-refractivity contribution in [2.45, 2.75) is 308 Å². The molecule has 4 fully saturated rings. The fraction of sp³-hybridized carbons (Fsp3) is 0.639. The maximum absolute atomic E-state index is 13.8. The van der Waals surface area contributed by atoms with E-state index in [2.05, 4.69) is 108 Å². The van der Waals surface area contributed by atoms with Crippen LogP contribution in [0.25, 0.3) is 17.8 Å². The van der Waals surface area contributed by atoms with Gasteiger partial charge >= 0.3 is 72.9 Å². The molecule has 51 heteroatoms. The van der Waals surface area contributed by atoms with Gasteiger partial charge in [-0.1, -0.05) is 131 Å². The van der Waals surface area contributed by atoms with Crippen molar-refractivity contribution in [2.24, 2.45) is 22.2 Å². The number of nitriles is 1. The topological polar surface area (TPSA) is 619 Å². The molecule has 8 N–H and O–H groups in total. The van der Waals surface area contributed by atoms with E-state index in [0.717, 1.165) is 24.0 Å². The zero-order valence-corrected chi connectivity index (χ0v) is 90.0. The number of H-pyrrole nitrogens is 2. The van der Waals surface area contributed by atoms with Gasteiger partial charge in [-0.15, -0.1) is 42.0 Å². The Hall–Kier alpha value is -13.6. The highest BCUT2D eigenvalue weighted by atomic mass is 35.5. The molecule has 11 atom stereocenters. The van der Waals surface area contributed by atoms with E-state index in [1.165, 1.54) is 52.8 Å². The first-order chi connectivity index (χ1) is 67.0. The number of likely N-dealkylation sites (tertiary alicyclic amines) is 4. The minimum Gasteiger partial charge on any atom is -0.496 e. The summed E-state index contributed by atoms with van der Waals surface area (Å²) in [7, 11) is 6.76. The Balaban J connectivity index is 0. The van der Waals surface area contributed by atoms with Gasteiger partial charge in [-0.3, -0.25) is 19.4 Å². The molecule has 0 unspecified atom stereocenters. The fourth-order valence-electron chi connectivity index (χ4n) is 14.2. The minimum absolute atomic E-state index is 0. The van der Waals surface area contributed by atoms with Crippen molar-refractivity contribution in [1.29, 1.82) is 5.26 Å². The number of benzene rings is 2. The SMILES string of the molecule is C.C.C=CCCCOC(=O)Cl.C=Cc1cc(-n2nnc([C@@H]3C[C@@H](C(=O)OC)N(C(=O)[C@@H](NC(=O)OC(C)(C)C)C(C)(C)C)C3)n2)ccc1OC.C=Cc1cc(B(O)O)ccc1OC.CC(C)(C)OC(=O)N[C@H](C(=O)O)C(C)(C)C.COC(=O)[C@@H]1C[C@@H](C#N)CN1C(=O)OC(C)(C)C.COC(=O)[C@@H]1C[C@@H](c2nn[nH]n2)CN1C(=O)OC(C)(C)C.COC(=O)[C@@H]1C[C@@H](c2nn[nH]n2)CN1C(=O)[C@@H](NC(=O)OC(C)(C)C)C(C)(C)C.[2HH].[B]. The van der Waals surface area contributed by atoms with Gasteiger partial charge in [-0.2, -0.15) is 15.7 Å². The number of allylic oxidation sites excluding steroid dienone is 1. The van der Waals surface area contributed by atoms with Gasteiger partial charge in [0.15, 0.2) is 17.5 Å². The fourth-order valence-corrected chi connectivity index (χ4v) is 14.2. The molecule has 0 saturated carbocycles. The Bertz CT molecular complexity index is 5210.